The van der Waals surface area contributed by atoms with Gasteiger partial charge < -0.3 is 15.4 Å². The van der Waals surface area contributed by atoms with Gasteiger partial charge in [0.25, 0.3) is 0 Å². The molecule has 2 unspecified atom stereocenters. The first-order valence-electron chi connectivity index (χ1n) is 7.81. The second-order valence-electron chi connectivity index (χ2n) is 5.92. The number of likely N-dealkylation sites (tertiary alicyclic amines) is 1. The number of rotatable bonds is 5. The van der Waals surface area contributed by atoms with Gasteiger partial charge in [-0.15, -0.1) is 0 Å². The molecular formula is C17H26N2O2. The fourth-order valence-corrected chi connectivity index (χ4v) is 3.02. The molecule has 0 aliphatic carbocycles. The number of carbonyl (C=O) groups is 1. The first kappa shape index (κ1) is 15.8. The Morgan fingerprint density at radius 3 is 3.00 bits per heavy atom. The van der Waals surface area contributed by atoms with E-state index in [0.29, 0.717) is 25.5 Å². The molecule has 1 aromatic carbocycles. The Hall–Kier alpha value is -1.55. The normalized spacial score (nSPS) is 22.1. The maximum absolute atomic E-state index is 12.4. The summed E-state index contributed by atoms with van der Waals surface area (Å²) in [6, 6.07) is 8.08. The van der Waals surface area contributed by atoms with Crippen molar-refractivity contribution in [2.45, 2.75) is 39.2 Å². The molecule has 4 nitrogen and oxygen atoms in total. The summed E-state index contributed by atoms with van der Waals surface area (Å²) in [7, 11) is 0. The molecule has 1 amide bonds. The summed E-state index contributed by atoms with van der Waals surface area (Å²) in [5.74, 6) is 1.47. The van der Waals surface area contributed by atoms with Crippen LogP contribution in [0.2, 0.25) is 0 Å². The summed E-state index contributed by atoms with van der Waals surface area (Å²) >= 11 is 0. The zero-order valence-electron chi connectivity index (χ0n) is 13.0. The van der Waals surface area contributed by atoms with Crippen LogP contribution in [0.4, 0.5) is 0 Å². The number of aryl methyl sites for hydroxylation is 1. The Kier molecular flexibility index (Phi) is 5.62. The number of amides is 1. The van der Waals surface area contributed by atoms with Gasteiger partial charge in [0.15, 0.2) is 0 Å². The van der Waals surface area contributed by atoms with E-state index in [1.807, 2.05) is 36.1 Å². The molecule has 1 saturated heterocycles. The molecule has 1 fully saturated rings. The average Bonchev–Trinajstić information content (AvgIpc) is 2.47. The maximum atomic E-state index is 12.4. The fourth-order valence-electron chi connectivity index (χ4n) is 3.02. The highest BCUT2D eigenvalue weighted by molar-refractivity contribution is 5.76. The molecule has 1 aliphatic heterocycles. The van der Waals surface area contributed by atoms with E-state index in [9.17, 15) is 4.79 Å². The number of carbonyl (C=O) groups excluding carboxylic acids is 1. The van der Waals surface area contributed by atoms with Crippen LogP contribution in [0.3, 0.4) is 0 Å². The third-order valence-electron chi connectivity index (χ3n) is 4.25. The van der Waals surface area contributed by atoms with Crippen LogP contribution in [-0.4, -0.2) is 36.5 Å². The number of nitrogens with two attached hydrogens (primary N) is 1. The van der Waals surface area contributed by atoms with Crippen molar-refractivity contribution in [2.75, 3.05) is 19.7 Å². The van der Waals surface area contributed by atoms with E-state index in [1.54, 1.807) is 0 Å². The molecule has 1 aliphatic rings. The Balaban J connectivity index is 1.83. The lowest BCUT2D eigenvalue weighted by Gasteiger charge is -2.39. The fraction of sp³-hybridized carbons (Fsp3) is 0.588. The lowest BCUT2D eigenvalue weighted by atomic mass is 9.90. The molecule has 1 heterocycles. The topological polar surface area (TPSA) is 55.6 Å². The zero-order chi connectivity index (χ0) is 15.2. The van der Waals surface area contributed by atoms with Gasteiger partial charge in [-0.3, -0.25) is 4.79 Å². The van der Waals surface area contributed by atoms with E-state index in [-0.39, 0.29) is 11.9 Å². The molecule has 0 aromatic heterocycles. The minimum atomic E-state index is 0.157. The Morgan fingerprint density at radius 1 is 1.48 bits per heavy atom. The van der Waals surface area contributed by atoms with Gasteiger partial charge in [0.1, 0.15) is 5.75 Å². The van der Waals surface area contributed by atoms with E-state index < -0.39 is 0 Å². The Morgan fingerprint density at radius 2 is 2.29 bits per heavy atom. The molecule has 0 radical (unpaired) electrons. The van der Waals surface area contributed by atoms with Crippen molar-refractivity contribution in [3.8, 4) is 5.75 Å². The van der Waals surface area contributed by atoms with E-state index in [4.69, 9.17) is 10.5 Å². The van der Waals surface area contributed by atoms with Crippen molar-refractivity contribution in [1.82, 2.24) is 4.90 Å². The second kappa shape index (κ2) is 7.46. The minimum Gasteiger partial charge on any atom is -0.493 e. The summed E-state index contributed by atoms with van der Waals surface area (Å²) < 4.78 is 5.67. The van der Waals surface area contributed by atoms with E-state index in [1.165, 1.54) is 0 Å². The zero-order valence-corrected chi connectivity index (χ0v) is 13.0. The Bertz CT molecular complexity index is 476. The van der Waals surface area contributed by atoms with Crippen LogP contribution in [0.25, 0.3) is 0 Å². The van der Waals surface area contributed by atoms with Crippen molar-refractivity contribution < 1.29 is 9.53 Å². The largest absolute Gasteiger partial charge is 0.493 e. The molecule has 2 N–H and O–H groups in total. The van der Waals surface area contributed by atoms with Gasteiger partial charge in [0.2, 0.25) is 5.91 Å². The molecular weight excluding hydrogens is 264 g/mol. The number of nitrogens with zero attached hydrogens (tertiary/aromatic N) is 1. The van der Waals surface area contributed by atoms with Gasteiger partial charge in [-0.05, 0) is 43.4 Å². The number of ether oxygens (including phenoxy) is 1. The molecule has 116 valence electrons. The molecule has 21 heavy (non-hydrogen) atoms. The van der Waals surface area contributed by atoms with Crippen LogP contribution in [-0.2, 0) is 4.79 Å². The van der Waals surface area contributed by atoms with Crippen molar-refractivity contribution in [2.24, 2.45) is 11.7 Å². The highest BCUT2D eigenvalue weighted by Crippen LogP contribution is 2.23. The number of benzene rings is 1. The maximum Gasteiger partial charge on any atom is 0.226 e. The molecule has 0 saturated carbocycles. The van der Waals surface area contributed by atoms with Crippen molar-refractivity contribution >= 4 is 5.91 Å². The van der Waals surface area contributed by atoms with E-state index in [0.717, 1.165) is 30.7 Å². The third-order valence-corrected chi connectivity index (χ3v) is 4.25. The van der Waals surface area contributed by atoms with Crippen LogP contribution in [0.5, 0.6) is 5.75 Å². The van der Waals surface area contributed by atoms with Gasteiger partial charge in [-0.2, -0.15) is 0 Å². The summed E-state index contributed by atoms with van der Waals surface area (Å²) in [5, 5.41) is 0. The summed E-state index contributed by atoms with van der Waals surface area (Å²) in [5.41, 5.74) is 6.99. The van der Waals surface area contributed by atoms with Crippen LogP contribution in [0.15, 0.2) is 24.3 Å². The lowest BCUT2D eigenvalue weighted by Crippen LogP contribution is -2.51. The van der Waals surface area contributed by atoms with E-state index in [2.05, 4.69) is 6.92 Å². The number of hydrogen-bond donors (Lipinski definition) is 1. The molecule has 1 aromatic rings. The number of hydrogen-bond acceptors (Lipinski definition) is 3. The highest BCUT2D eigenvalue weighted by Gasteiger charge is 2.30. The lowest BCUT2D eigenvalue weighted by molar-refractivity contribution is -0.136. The second-order valence-corrected chi connectivity index (χ2v) is 5.92. The van der Waals surface area contributed by atoms with Gasteiger partial charge in [0.05, 0.1) is 13.0 Å². The molecule has 2 atom stereocenters. The van der Waals surface area contributed by atoms with E-state index >= 15 is 0 Å². The predicted molar refractivity (Wildman–Crippen MR) is 84.2 cm³/mol. The van der Waals surface area contributed by atoms with Gasteiger partial charge >= 0.3 is 0 Å². The average molecular weight is 290 g/mol. The number of piperidine rings is 1. The summed E-state index contributed by atoms with van der Waals surface area (Å²) in [6.45, 7) is 6.00. The summed E-state index contributed by atoms with van der Waals surface area (Å²) in [4.78, 5) is 14.3. The minimum absolute atomic E-state index is 0.157. The molecule has 0 spiro atoms. The smallest absolute Gasteiger partial charge is 0.226 e. The van der Waals surface area contributed by atoms with Crippen molar-refractivity contribution in [1.29, 1.82) is 0 Å². The highest BCUT2D eigenvalue weighted by atomic mass is 16.5. The van der Waals surface area contributed by atoms with Gasteiger partial charge in [-0.25, -0.2) is 0 Å². The van der Waals surface area contributed by atoms with Crippen molar-refractivity contribution in [3.63, 3.8) is 0 Å². The van der Waals surface area contributed by atoms with Crippen LogP contribution < -0.4 is 10.5 Å². The summed E-state index contributed by atoms with van der Waals surface area (Å²) in [6.07, 6.45) is 2.64. The molecule has 2 rings (SSSR count). The predicted octanol–water partition coefficient (Wildman–Crippen LogP) is 2.35. The van der Waals surface area contributed by atoms with Gasteiger partial charge in [-0.1, -0.05) is 19.1 Å². The quantitative estimate of drug-likeness (QED) is 0.905. The van der Waals surface area contributed by atoms with Gasteiger partial charge in [0, 0.05) is 19.1 Å². The molecule has 0 bridgehead atoms. The SMILES string of the molecule is Cc1cccc(OCCC(=O)N2CCCC(C)C2CN)c1. The van der Waals surface area contributed by atoms with Crippen molar-refractivity contribution in [3.05, 3.63) is 29.8 Å². The Labute approximate surface area is 127 Å². The molecule has 4 heteroatoms. The third kappa shape index (κ3) is 4.21. The standard InChI is InChI=1S/C17H26N2O2/c1-13-5-3-7-15(11-13)21-10-8-17(20)19-9-4-6-14(2)16(19)12-18/h3,5,7,11,14,16H,4,6,8-10,12,18H2,1-2H3. The van der Waals surface area contributed by atoms with Crippen LogP contribution >= 0.6 is 0 Å². The first-order valence-corrected chi connectivity index (χ1v) is 7.81. The van der Waals surface area contributed by atoms with Crippen LogP contribution in [0.1, 0.15) is 31.7 Å². The first-order chi connectivity index (χ1) is 10.1. The monoisotopic (exact) mass is 290 g/mol. The van der Waals surface area contributed by atoms with Crippen LogP contribution in [0, 0.1) is 12.8 Å².